The van der Waals surface area contributed by atoms with Crippen LogP contribution in [0, 0.1) is 6.92 Å². The molecule has 2 aliphatic heterocycles. The maximum atomic E-state index is 13.3. The maximum Gasteiger partial charge on any atom is 0.416 e. The summed E-state index contributed by atoms with van der Waals surface area (Å²) in [5, 5.41) is 0. The highest BCUT2D eigenvalue weighted by molar-refractivity contribution is 9.10. The number of amides is 1. The summed E-state index contributed by atoms with van der Waals surface area (Å²) in [6.07, 6.45) is -11.1. The predicted octanol–water partition coefficient (Wildman–Crippen LogP) is 6.48. The number of carbonyl (C=O) groups excluding carboxylic acids is 1. The summed E-state index contributed by atoms with van der Waals surface area (Å²) in [4.78, 5) is 20.6. The van der Waals surface area contributed by atoms with Crippen LogP contribution in [0.1, 0.15) is 47.4 Å². The number of carbonyl (C=O) groups is 1. The molecule has 4 rings (SSSR count). The summed E-state index contributed by atoms with van der Waals surface area (Å²) in [5.74, 6) is 0.742. The minimum Gasteiger partial charge on any atom is -0.439 e. The molecule has 0 N–H and O–H groups in total. The fraction of sp³-hybridized carbons (Fsp3) is 0.455. The van der Waals surface area contributed by atoms with Gasteiger partial charge in [-0.2, -0.15) is 26.3 Å². The Labute approximate surface area is 199 Å². The van der Waals surface area contributed by atoms with Crippen LogP contribution in [0.15, 0.2) is 28.7 Å². The second kappa shape index (κ2) is 8.62. The van der Waals surface area contributed by atoms with Crippen molar-refractivity contribution in [1.82, 2.24) is 9.88 Å². The van der Waals surface area contributed by atoms with Gasteiger partial charge in [0.1, 0.15) is 11.9 Å². The van der Waals surface area contributed by atoms with Crippen LogP contribution in [-0.2, 0) is 23.6 Å². The molecule has 12 heteroatoms. The number of ether oxygens (including phenoxy) is 1. The zero-order chi connectivity index (χ0) is 25.0. The van der Waals surface area contributed by atoms with Crippen molar-refractivity contribution in [3.05, 3.63) is 56.7 Å². The lowest BCUT2D eigenvalue weighted by molar-refractivity contribution is -0.143. The fourth-order valence-corrected chi connectivity index (χ4v) is 4.31. The van der Waals surface area contributed by atoms with Crippen LogP contribution >= 0.6 is 15.9 Å². The zero-order valence-corrected chi connectivity index (χ0v) is 19.7. The summed E-state index contributed by atoms with van der Waals surface area (Å²) in [5.41, 5.74) is -1.88. The van der Waals surface area contributed by atoms with Crippen LogP contribution in [0.3, 0.4) is 0 Å². The molecule has 1 aromatic heterocycles. The lowest BCUT2D eigenvalue weighted by atomic mass is 9.97. The third-order valence-electron chi connectivity index (χ3n) is 6.03. The van der Waals surface area contributed by atoms with E-state index in [2.05, 4.69) is 25.8 Å². The monoisotopic (exact) mass is 551 g/mol. The van der Waals surface area contributed by atoms with E-state index in [9.17, 15) is 31.1 Å². The van der Waals surface area contributed by atoms with Crippen molar-refractivity contribution in [3.63, 3.8) is 0 Å². The molecule has 184 valence electrons. The second-order valence-corrected chi connectivity index (χ2v) is 9.20. The van der Waals surface area contributed by atoms with Gasteiger partial charge in [0.2, 0.25) is 0 Å². The standard InChI is InChI=1S/C22H20BrF6N3O2/c1-11-6-17(31-4-3-5-31)30-16(18(11)23)10-32-12(2)19(34-20(32)33)13-7-14(21(24,25)26)9-15(8-13)22(27,28)29/h6-9,12,19H,3-5,10H2,1-2H3/t12-,19?/m0/s1. The van der Waals surface area contributed by atoms with Crippen molar-refractivity contribution in [2.24, 2.45) is 0 Å². The van der Waals surface area contributed by atoms with Gasteiger partial charge in [-0.25, -0.2) is 9.78 Å². The third kappa shape index (κ3) is 4.69. The van der Waals surface area contributed by atoms with Crippen LogP contribution in [-0.4, -0.2) is 35.1 Å². The molecule has 1 amide bonds. The van der Waals surface area contributed by atoms with E-state index in [0.29, 0.717) is 22.3 Å². The third-order valence-corrected chi connectivity index (χ3v) is 7.11. The quantitative estimate of drug-likeness (QED) is 0.408. The van der Waals surface area contributed by atoms with Gasteiger partial charge in [-0.15, -0.1) is 0 Å². The number of aryl methyl sites for hydroxylation is 1. The Morgan fingerprint density at radius 1 is 1.06 bits per heavy atom. The minimum absolute atomic E-state index is 0.0231. The number of aromatic nitrogens is 1. The number of benzene rings is 1. The van der Waals surface area contributed by atoms with E-state index in [4.69, 9.17) is 4.74 Å². The van der Waals surface area contributed by atoms with Crippen molar-refractivity contribution in [2.75, 3.05) is 18.0 Å². The Hall–Kier alpha value is -2.50. The first kappa shape index (κ1) is 24.6. The second-order valence-electron chi connectivity index (χ2n) is 8.41. The molecule has 2 atom stereocenters. The molecular formula is C22H20BrF6N3O2. The molecule has 2 aliphatic rings. The van der Waals surface area contributed by atoms with E-state index >= 15 is 0 Å². The number of rotatable bonds is 4. The Bertz CT molecular complexity index is 1080. The SMILES string of the molecule is Cc1cc(N2CCC2)nc(CN2C(=O)OC(c3cc(C(F)(F)F)cc(C(F)(F)F)c3)[C@@H]2C)c1Br. The molecule has 2 aromatic rings. The Morgan fingerprint density at radius 2 is 1.65 bits per heavy atom. The number of hydrogen-bond donors (Lipinski definition) is 0. The zero-order valence-electron chi connectivity index (χ0n) is 18.1. The molecule has 0 bridgehead atoms. The van der Waals surface area contributed by atoms with E-state index in [-0.39, 0.29) is 18.2 Å². The van der Waals surface area contributed by atoms with Crippen LogP contribution in [0.4, 0.5) is 37.0 Å². The smallest absolute Gasteiger partial charge is 0.416 e. The van der Waals surface area contributed by atoms with Crippen molar-refractivity contribution in [2.45, 2.75) is 51.3 Å². The van der Waals surface area contributed by atoms with Gasteiger partial charge in [-0.3, -0.25) is 4.90 Å². The Kier molecular flexibility index (Phi) is 6.24. The average molecular weight is 552 g/mol. The molecule has 1 unspecified atom stereocenters. The van der Waals surface area contributed by atoms with Crippen molar-refractivity contribution in [1.29, 1.82) is 0 Å². The van der Waals surface area contributed by atoms with Crippen molar-refractivity contribution < 1.29 is 35.9 Å². The Balaban J connectivity index is 1.65. The van der Waals surface area contributed by atoms with Crippen LogP contribution in [0.2, 0.25) is 0 Å². The summed E-state index contributed by atoms with van der Waals surface area (Å²) >= 11 is 3.46. The lowest BCUT2D eigenvalue weighted by Crippen LogP contribution is -2.38. The van der Waals surface area contributed by atoms with Crippen LogP contribution in [0.5, 0.6) is 0 Å². The number of alkyl halides is 6. The van der Waals surface area contributed by atoms with Gasteiger partial charge < -0.3 is 9.64 Å². The molecule has 0 spiro atoms. The number of anilines is 1. The highest BCUT2D eigenvalue weighted by atomic mass is 79.9. The molecule has 0 aliphatic carbocycles. The highest BCUT2D eigenvalue weighted by Gasteiger charge is 2.43. The predicted molar refractivity (Wildman–Crippen MR) is 114 cm³/mol. The van der Waals surface area contributed by atoms with E-state index in [0.717, 1.165) is 30.9 Å². The molecule has 3 heterocycles. The summed E-state index contributed by atoms with van der Waals surface area (Å²) < 4.78 is 85.6. The van der Waals surface area contributed by atoms with Crippen LogP contribution in [0.25, 0.3) is 0 Å². The van der Waals surface area contributed by atoms with E-state index in [1.807, 2.05) is 13.0 Å². The molecule has 34 heavy (non-hydrogen) atoms. The molecule has 2 saturated heterocycles. The summed E-state index contributed by atoms with van der Waals surface area (Å²) in [7, 11) is 0. The number of cyclic esters (lactones) is 1. The van der Waals surface area contributed by atoms with E-state index in [1.54, 1.807) is 0 Å². The van der Waals surface area contributed by atoms with Crippen LogP contribution < -0.4 is 4.90 Å². The number of halogens is 7. The van der Waals surface area contributed by atoms with Gasteiger partial charge in [-0.05, 0) is 71.6 Å². The van der Waals surface area contributed by atoms with Gasteiger partial charge in [0.05, 0.1) is 29.4 Å². The van der Waals surface area contributed by atoms with E-state index in [1.165, 1.54) is 11.8 Å². The van der Waals surface area contributed by atoms with Gasteiger partial charge >= 0.3 is 18.4 Å². The molecule has 2 fully saturated rings. The maximum absolute atomic E-state index is 13.3. The molecule has 0 saturated carbocycles. The van der Waals surface area contributed by atoms with Gasteiger partial charge in [0.25, 0.3) is 0 Å². The molecule has 5 nitrogen and oxygen atoms in total. The number of nitrogens with zero attached hydrogens (tertiary/aromatic N) is 3. The topological polar surface area (TPSA) is 45.7 Å². The largest absolute Gasteiger partial charge is 0.439 e. The molecular weight excluding hydrogens is 532 g/mol. The number of pyridine rings is 1. The van der Waals surface area contributed by atoms with Crippen molar-refractivity contribution in [3.8, 4) is 0 Å². The summed E-state index contributed by atoms with van der Waals surface area (Å²) in [6, 6.07) is 2.31. The van der Waals surface area contributed by atoms with Gasteiger partial charge in [0.15, 0.2) is 0 Å². The normalized spacial score (nSPS) is 21.0. The minimum atomic E-state index is -4.99. The Morgan fingerprint density at radius 3 is 2.15 bits per heavy atom. The molecule has 1 aromatic carbocycles. The average Bonchev–Trinajstić information content (AvgIpc) is 2.97. The highest BCUT2D eigenvalue weighted by Crippen LogP contribution is 2.41. The first-order valence-electron chi connectivity index (χ1n) is 10.4. The first-order valence-corrected chi connectivity index (χ1v) is 11.2. The molecule has 0 radical (unpaired) electrons. The van der Waals surface area contributed by atoms with Crippen molar-refractivity contribution >= 4 is 27.8 Å². The lowest BCUT2D eigenvalue weighted by Gasteiger charge is -2.33. The number of hydrogen-bond acceptors (Lipinski definition) is 4. The fourth-order valence-electron chi connectivity index (χ4n) is 3.98. The van der Waals surface area contributed by atoms with Gasteiger partial charge in [0, 0.05) is 17.6 Å². The summed E-state index contributed by atoms with van der Waals surface area (Å²) in [6.45, 7) is 5.08. The van der Waals surface area contributed by atoms with E-state index < -0.39 is 41.7 Å². The first-order chi connectivity index (χ1) is 15.8. The van der Waals surface area contributed by atoms with Gasteiger partial charge in [-0.1, -0.05) is 0 Å².